The lowest BCUT2D eigenvalue weighted by Gasteiger charge is -2.11. The van der Waals surface area contributed by atoms with Gasteiger partial charge in [0.05, 0.1) is 6.33 Å². The summed E-state index contributed by atoms with van der Waals surface area (Å²) in [5.41, 5.74) is 2.40. The van der Waals surface area contributed by atoms with Gasteiger partial charge in [-0.1, -0.05) is 18.2 Å². The Balaban J connectivity index is 1.80. The first-order valence-electron chi connectivity index (χ1n) is 8.30. The Labute approximate surface area is 150 Å². The van der Waals surface area contributed by atoms with Gasteiger partial charge in [0, 0.05) is 17.9 Å². The minimum absolute atomic E-state index is 0.228. The molecule has 4 aromatic rings. The van der Waals surface area contributed by atoms with Gasteiger partial charge in [0.25, 0.3) is 0 Å². The van der Waals surface area contributed by atoms with Crippen LogP contribution in [0, 0.1) is 0 Å². The van der Waals surface area contributed by atoms with Gasteiger partial charge in [-0.05, 0) is 32.0 Å². The highest BCUT2D eigenvalue weighted by Crippen LogP contribution is 2.26. The molecule has 8 heteroatoms. The lowest BCUT2D eigenvalue weighted by molar-refractivity contribution is 0.613. The second-order valence-electron chi connectivity index (χ2n) is 6.02. The first-order valence-corrected chi connectivity index (χ1v) is 8.30. The Kier molecular flexibility index (Phi) is 4.14. The Morgan fingerprint density at radius 3 is 2.54 bits per heavy atom. The van der Waals surface area contributed by atoms with Crippen LogP contribution in [0.25, 0.3) is 11.2 Å². The first kappa shape index (κ1) is 15.9. The van der Waals surface area contributed by atoms with Crippen LogP contribution in [0.15, 0.2) is 55.2 Å². The summed E-state index contributed by atoms with van der Waals surface area (Å²) in [7, 11) is 0. The summed E-state index contributed by atoms with van der Waals surface area (Å²) in [4.78, 5) is 21.8. The second-order valence-corrected chi connectivity index (χ2v) is 6.02. The van der Waals surface area contributed by atoms with E-state index in [2.05, 4.69) is 49.4 Å². The Morgan fingerprint density at radius 1 is 0.962 bits per heavy atom. The van der Waals surface area contributed by atoms with Gasteiger partial charge in [-0.25, -0.2) is 15.0 Å². The van der Waals surface area contributed by atoms with Gasteiger partial charge in [-0.2, -0.15) is 9.97 Å². The highest BCUT2D eigenvalue weighted by Gasteiger charge is 2.15. The predicted octanol–water partition coefficient (Wildman–Crippen LogP) is 3.68. The van der Waals surface area contributed by atoms with E-state index in [4.69, 9.17) is 0 Å². The fraction of sp³-hybridized carbons (Fsp3) is 0.167. The van der Waals surface area contributed by atoms with Crippen molar-refractivity contribution in [1.29, 1.82) is 0 Å². The topological polar surface area (TPSA) is 93.4 Å². The van der Waals surface area contributed by atoms with Crippen molar-refractivity contribution >= 4 is 34.4 Å². The van der Waals surface area contributed by atoms with E-state index in [0.717, 1.165) is 16.9 Å². The van der Waals surface area contributed by atoms with Crippen LogP contribution >= 0.6 is 0 Å². The zero-order chi connectivity index (χ0) is 17.9. The van der Waals surface area contributed by atoms with E-state index in [1.54, 1.807) is 18.6 Å². The Bertz CT molecular complexity index is 1010. The fourth-order valence-electron chi connectivity index (χ4n) is 2.57. The van der Waals surface area contributed by atoms with Crippen LogP contribution in [0.2, 0.25) is 0 Å². The van der Waals surface area contributed by atoms with Crippen molar-refractivity contribution in [3.8, 4) is 0 Å². The average molecular weight is 346 g/mol. The highest BCUT2D eigenvalue weighted by molar-refractivity contribution is 5.86. The molecule has 3 heterocycles. The number of fused-ring (bicyclic) bond motifs is 1. The van der Waals surface area contributed by atoms with Crippen molar-refractivity contribution in [3.05, 3.63) is 55.2 Å². The third-order valence-electron chi connectivity index (χ3n) is 3.84. The van der Waals surface area contributed by atoms with E-state index in [1.165, 1.54) is 6.33 Å². The molecule has 0 aliphatic carbocycles. The van der Waals surface area contributed by atoms with Gasteiger partial charge in [0.1, 0.15) is 12.1 Å². The maximum absolute atomic E-state index is 4.63. The molecule has 0 unspecified atom stereocenters. The molecule has 0 aliphatic heterocycles. The maximum Gasteiger partial charge on any atom is 0.232 e. The van der Waals surface area contributed by atoms with E-state index >= 15 is 0 Å². The second kappa shape index (κ2) is 6.75. The lowest BCUT2D eigenvalue weighted by Crippen LogP contribution is -2.06. The number of anilines is 4. The monoisotopic (exact) mass is 346 g/mol. The van der Waals surface area contributed by atoms with Crippen LogP contribution in [0.4, 0.5) is 23.3 Å². The number of imidazole rings is 1. The molecule has 2 N–H and O–H groups in total. The fourth-order valence-corrected chi connectivity index (χ4v) is 2.57. The minimum atomic E-state index is 0.228. The molecule has 130 valence electrons. The summed E-state index contributed by atoms with van der Waals surface area (Å²) in [6, 6.07) is 11.8. The molecular formula is C18H18N8. The van der Waals surface area contributed by atoms with E-state index in [-0.39, 0.29) is 6.04 Å². The van der Waals surface area contributed by atoms with Gasteiger partial charge >= 0.3 is 0 Å². The molecule has 0 saturated carbocycles. The largest absolute Gasteiger partial charge is 0.338 e. The third-order valence-corrected chi connectivity index (χ3v) is 3.84. The molecular weight excluding hydrogens is 328 g/mol. The van der Waals surface area contributed by atoms with Crippen molar-refractivity contribution in [2.75, 3.05) is 10.6 Å². The molecule has 0 spiro atoms. The lowest BCUT2D eigenvalue weighted by atomic mass is 10.3. The maximum atomic E-state index is 4.63. The Morgan fingerprint density at radius 2 is 1.81 bits per heavy atom. The normalized spacial score (nSPS) is 11.0. The van der Waals surface area contributed by atoms with E-state index in [9.17, 15) is 0 Å². The molecule has 1 aromatic carbocycles. The molecule has 0 fully saturated rings. The molecule has 3 aromatic heterocycles. The first-order chi connectivity index (χ1) is 12.7. The number of nitrogens with zero attached hydrogens (tertiary/aromatic N) is 6. The number of para-hydroxylation sites is 1. The molecule has 4 rings (SSSR count). The SMILES string of the molecule is CC(C)n1cnc2c(Nc3ccccc3)nc(Nc3ccncn3)nc21. The number of hydrogen-bond acceptors (Lipinski definition) is 7. The van der Waals surface area contributed by atoms with Crippen LogP contribution in [-0.2, 0) is 0 Å². The van der Waals surface area contributed by atoms with E-state index in [1.807, 2.05) is 34.9 Å². The van der Waals surface area contributed by atoms with Crippen LogP contribution in [0.3, 0.4) is 0 Å². The van der Waals surface area contributed by atoms with Crippen LogP contribution in [0.5, 0.6) is 0 Å². The average Bonchev–Trinajstić information content (AvgIpc) is 3.08. The number of hydrogen-bond donors (Lipinski definition) is 2. The standard InChI is InChI=1S/C18H18N8/c1-12(2)26-11-21-15-16(22-13-6-4-3-5-7-13)24-18(25-17(15)26)23-14-8-9-19-10-20-14/h3-12H,1-2H3,(H2,19,20,22,23,24,25). The van der Waals surface area contributed by atoms with Crippen molar-refractivity contribution in [2.24, 2.45) is 0 Å². The van der Waals surface area contributed by atoms with Gasteiger partial charge in [-0.3, -0.25) is 0 Å². The van der Waals surface area contributed by atoms with Crippen molar-refractivity contribution in [1.82, 2.24) is 29.5 Å². The zero-order valence-electron chi connectivity index (χ0n) is 14.5. The zero-order valence-corrected chi connectivity index (χ0v) is 14.5. The molecule has 0 bridgehead atoms. The van der Waals surface area contributed by atoms with Gasteiger partial charge in [0.2, 0.25) is 5.95 Å². The van der Waals surface area contributed by atoms with Crippen molar-refractivity contribution in [3.63, 3.8) is 0 Å². The summed E-state index contributed by atoms with van der Waals surface area (Å²) in [5, 5.41) is 6.45. The molecule has 0 amide bonds. The van der Waals surface area contributed by atoms with Gasteiger partial charge in [-0.15, -0.1) is 0 Å². The van der Waals surface area contributed by atoms with Gasteiger partial charge in [0.15, 0.2) is 17.0 Å². The summed E-state index contributed by atoms with van der Waals surface area (Å²) in [6.45, 7) is 4.18. The Hall–Kier alpha value is -3.55. The quantitative estimate of drug-likeness (QED) is 0.569. The summed E-state index contributed by atoms with van der Waals surface area (Å²) in [6.07, 6.45) is 4.92. The van der Waals surface area contributed by atoms with E-state index < -0.39 is 0 Å². The van der Waals surface area contributed by atoms with Crippen molar-refractivity contribution < 1.29 is 0 Å². The molecule has 0 atom stereocenters. The smallest absolute Gasteiger partial charge is 0.232 e. The summed E-state index contributed by atoms with van der Waals surface area (Å²) in [5.74, 6) is 1.70. The van der Waals surface area contributed by atoms with Crippen molar-refractivity contribution in [2.45, 2.75) is 19.9 Å². The number of nitrogens with one attached hydrogen (secondary N) is 2. The van der Waals surface area contributed by atoms with Crippen LogP contribution in [0.1, 0.15) is 19.9 Å². The van der Waals surface area contributed by atoms with E-state index in [0.29, 0.717) is 17.6 Å². The molecule has 0 saturated heterocycles. The third kappa shape index (κ3) is 3.16. The number of rotatable bonds is 5. The molecule has 26 heavy (non-hydrogen) atoms. The number of aromatic nitrogens is 6. The minimum Gasteiger partial charge on any atom is -0.338 e. The van der Waals surface area contributed by atoms with Crippen LogP contribution < -0.4 is 10.6 Å². The number of benzene rings is 1. The molecule has 8 nitrogen and oxygen atoms in total. The molecule has 0 aliphatic rings. The van der Waals surface area contributed by atoms with Crippen LogP contribution in [-0.4, -0.2) is 29.5 Å². The van der Waals surface area contributed by atoms with Gasteiger partial charge < -0.3 is 15.2 Å². The summed E-state index contributed by atoms with van der Waals surface area (Å²) < 4.78 is 2.01. The predicted molar refractivity (Wildman–Crippen MR) is 101 cm³/mol. The molecule has 0 radical (unpaired) electrons. The highest BCUT2D eigenvalue weighted by atomic mass is 15.2. The summed E-state index contributed by atoms with van der Waals surface area (Å²) >= 11 is 0.